The second kappa shape index (κ2) is 12.3. The van der Waals surface area contributed by atoms with Gasteiger partial charge in [-0.15, -0.1) is 24.0 Å². The molecule has 7 heteroatoms. The summed E-state index contributed by atoms with van der Waals surface area (Å²) in [5.41, 5.74) is 6.31. The average Bonchev–Trinajstić information content (AvgIpc) is 2.93. The molecule has 1 aromatic heterocycles. The summed E-state index contributed by atoms with van der Waals surface area (Å²) in [5.74, 6) is 0.828. The lowest BCUT2D eigenvalue weighted by molar-refractivity contribution is 0.298. The average molecular weight is 527 g/mol. The smallest absolute Gasteiger partial charge is 0.191 e. The van der Waals surface area contributed by atoms with Gasteiger partial charge in [-0.3, -0.25) is 9.67 Å². The summed E-state index contributed by atoms with van der Waals surface area (Å²) in [6.07, 6.45) is 1.98. The Morgan fingerprint density at radius 2 is 1.83 bits per heavy atom. The van der Waals surface area contributed by atoms with Crippen molar-refractivity contribution in [1.29, 1.82) is 0 Å². The van der Waals surface area contributed by atoms with Gasteiger partial charge in [0.1, 0.15) is 0 Å². The highest BCUT2D eigenvalue weighted by atomic mass is 127. The quantitative estimate of drug-likeness (QED) is 0.314. The molecule has 2 N–H and O–H groups in total. The number of nitrogens with zero attached hydrogens (tertiary/aromatic N) is 4. The largest absolute Gasteiger partial charge is 0.354 e. The van der Waals surface area contributed by atoms with Crippen molar-refractivity contribution in [1.82, 2.24) is 25.3 Å². The van der Waals surface area contributed by atoms with E-state index in [1.165, 1.54) is 22.4 Å². The second-order valence-electron chi connectivity index (χ2n) is 8.05. The third kappa shape index (κ3) is 6.97. The summed E-state index contributed by atoms with van der Waals surface area (Å²) in [6, 6.07) is 9.44. The minimum absolute atomic E-state index is 0. The van der Waals surface area contributed by atoms with E-state index in [-0.39, 0.29) is 36.1 Å². The zero-order valence-electron chi connectivity index (χ0n) is 19.8. The number of halogens is 1. The number of aryl methyl sites for hydroxylation is 3. The molecule has 0 bridgehead atoms. The van der Waals surface area contributed by atoms with Crippen molar-refractivity contribution >= 4 is 29.9 Å². The van der Waals surface area contributed by atoms with Crippen molar-refractivity contribution < 1.29 is 0 Å². The zero-order chi connectivity index (χ0) is 21.6. The van der Waals surface area contributed by atoms with E-state index in [1.807, 2.05) is 18.8 Å². The Balaban J connectivity index is 0.00000450. The topological polar surface area (TPSA) is 57.5 Å². The van der Waals surface area contributed by atoms with Crippen molar-refractivity contribution in [3.8, 4) is 0 Å². The molecule has 0 spiro atoms. The van der Waals surface area contributed by atoms with Crippen LogP contribution in [0.25, 0.3) is 0 Å². The molecule has 0 saturated heterocycles. The predicted octanol–water partition coefficient (Wildman–Crippen LogP) is 3.62. The molecule has 0 radical (unpaired) electrons. The summed E-state index contributed by atoms with van der Waals surface area (Å²) in [5, 5.41) is 11.6. The summed E-state index contributed by atoms with van der Waals surface area (Å²) in [4.78, 5) is 6.67. The van der Waals surface area contributed by atoms with Gasteiger partial charge in [-0.25, -0.2) is 0 Å². The first kappa shape index (κ1) is 26.4. The lowest BCUT2D eigenvalue weighted by Crippen LogP contribution is -2.45. The van der Waals surface area contributed by atoms with Gasteiger partial charge < -0.3 is 15.5 Å². The van der Waals surface area contributed by atoms with E-state index in [4.69, 9.17) is 0 Å². The lowest BCUT2D eigenvalue weighted by Gasteiger charge is -2.27. The van der Waals surface area contributed by atoms with Crippen LogP contribution in [-0.4, -0.2) is 54.4 Å². The first-order valence-electron chi connectivity index (χ1n) is 10.5. The zero-order valence-corrected chi connectivity index (χ0v) is 22.1. The van der Waals surface area contributed by atoms with E-state index in [2.05, 4.69) is 91.7 Å². The van der Waals surface area contributed by atoms with Crippen LogP contribution in [0.5, 0.6) is 0 Å². The Kier molecular flexibility index (Phi) is 10.8. The number of benzene rings is 1. The number of guanidine groups is 1. The Bertz CT molecular complexity index is 810. The van der Waals surface area contributed by atoms with Gasteiger partial charge in [-0.1, -0.05) is 31.2 Å². The van der Waals surface area contributed by atoms with Gasteiger partial charge in [0.15, 0.2) is 5.96 Å². The molecular weight excluding hydrogens is 487 g/mol. The number of hydrogen-bond donors (Lipinski definition) is 2. The fourth-order valence-corrected chi connectivity index (χ4v) is 3.67. The van der Waals surface area contributed by atoms with E-state index >= 15 is 0 Å². The normalized spacial score (nSPS) is 13.7. The van der Waals surface area contributed by atoms with E-state index in [9.17, 15) is 0 Å². The van der Waals surface area contributed by atoms with Gasteiger partial charge in [0.25, 0.3) is 0 Å². The van der Waals surface area contributed by atoms with Crippen LogP contribution < -0.4 is 10.6 Å². The Morgan fingerprint density at radius 1 is 1.20 bits per heavy atom. The lowest BCUT2D eigenvalue weighted by atomic mass is 10.0. The maximum Gasteiger partial charge on any atom is 0.191 e. The molecule has 0 amide bonds. The Hall–Kier alpha value is -1.61. The van der Waals surface area contributed by atoms with Crippen LogP contribution in [0.4, 0.5) is 0 Å². The SMILES string of the molecule is CCc1ccc(C(CNC(=NC)NC(C)Cc2c(C)nn(C)c2C)N(C)C)cc1.I. The number of hydrogen-bond acceptors (Lipinski definition) is 3. The minimum atomic E-state index is 0. The van der Waals surface area contributed by atoms with Crippen molar-refractivity contribution in [2.75, 3.05) is 27.7 Å². The molecule has 2 rings (SSSR count). The molecule has 1 heterocycles. The second-order valence-corrected chi connectivity index (χ2v) is 8.05. The fourth-order valence-electron chi connectivity index (χ4n) is 3.67. The van der Waals surface area contributed by atoms with Gasteiger partial charge in [0.2, 0.25) is 0 Å². The van der Waals surface area contributed by atoms with Gasteiger partial charge in [-0.05, 0) is 64.4 Å². The maximum absolute atomic E-state index is 4.53. The molecule has 0 aliphatic heterocycles. The van der Waals surface area contributed by atoms with Crippen LogP contribution in [0.1, 0.15) is 48.0 Å². The van der Waals surface area contributed by atoms with Crippen LogP contribution in [-0.2, 0) is 19.9 Å². The highest BCUT2D eigenvalue weighted by Gasteiger charge is 2.17. The van der Waals surface area contributed by atoms with E-state index in [1.54, 1.807) is 0 Å². The number of aromatic nitrogens is 2. The molecule has 2 aromatic rings. The van der Waals surface area contributed by atoms with Crippen LogP contribution in [0.15, 0.2) is 29.3 Å². The molecule has 0 fully saturated rings. The van der Waals surface area contributed by atoms with Gasteiger partial charge in [0, 0.05) is 32.4 Å². The summed E-state index contributed by atoms with van der Waals surface area (Å²) >= 11 is 0. The molecule has 0 saturated carbocycles. The molecule has 0 aliphatic carbocycles. The monoisotopic (exact) mass is 526 g/mol. The maximum atomic E-state index is 4.53. The third-order valence-corrected chi connectivity index (χ3v) is 5.63. The fraction of sp³-hybridized carbons (Fsp3) is 0.565. The first-order valence-corrected chi connectivity index (χ1v) is 10.5. The Morgan fingerprint density at radius 3 is 2.30 bits per heavy atom. The van der Waals surface area contributed by atoms with Crippen molar-refractivity contribution in [3.05, 3.63) is 52.3 Å². The number of aliphatic imine (C=N–C) groups is 1. The van der Waals surface area contributed by atoms with E-state index < -0.39 is 0 Å². The molecule has 2 unspecified atom stereocenters. The van der Waals surface area contributed by atoms with Crippen LogP contribution in [0.3, 0.4) is 0 Å². The number of nitrogens with one attached hydrogen (secondary N) is 2. The number of likely N-dealkylation sites (N-methyl/N-ethyl adjacent to an activating group) is 1. The molecule has 2 atom stereocenters. The molecule has 0 aliphatic rings. The first-order chi connectivity index (χ1) is 13.8. The van der Waals surface area contributed by atoms with Gasteiger partial charge in [0.05, 0.1) is 11.7 Å². The standard InChI is InChI=1S/C23H38N6.HI/c1-9-19-10-12-20(13-11-19)22(28(6)7)15-25-23(24-5)26-16(2)14-21-17(3)27-29(8)18(21)4;/h10-13,16,22H,9,14-15H2,1-8H3,(H2,24,25,26);1H. The molecular formula is C23H39IN6. The summed E-state index contributed by atoms with van der Waals surface area (Å²) < 4.78 is 1.95. The van der Waals surface area contributed by atoms with Gasteiger partial charge >= 0.3 is 0 Å². The molecule has 1 aromatic carbocycles. The van der Waals surface area contributed by atoms with E-state index in [0.29, 0.717) is 0 Å². The van der Waals surface area contributed by atoms with Crippen molar-refractivity contribution in [3.63, 3.8) is 0 Å². The highest BCUT2D eigenvalue weighted by Crippen LogP contribution is 2.18. The Labute approximate surface area is 199 Å². The predicted molar refractivity (Wildman–Crippen MR) is 138 cm³/mol. The van der Waals surface area contributed by atoms with Crippen molar-refractivity contribution in [2.45, 2.75) is 52.6 Å². The molecule has 30 heavy (non-hydrogen) atoms. The molecule has 6 nitrogen and oxygen atoms in total. The van der Waals surface area contributed by atoms with Gasteiger partial charge in [-0.2, -0.15) is 5.10 Å². The summed E-state index contributed by atoms with van der Waals surface area (Å²) in [6.45, 7) is 9.36. The van der Waals surface area contributed by atoms with Crippen LogP contribution in [0, 0.1) is 13.8 Å². The highest BCUT2D eigenvalue weighted by molar-refractivity contribution is 14.0. The van der Waals surface area contributed by atoms with Crippen LogP contribution >= 0.6 is 24.0 Å². The van der Waals surface area contributed by atoms with Crippen LogP contribution in [0.2, 0.25) is 0 Å². The molecule has 168 valence electrons. The minimum Gasteiger partial charge on any atom is -0.354 e. The number of rotatable bonds is 8. The third-order valence-electron chi connectivity index (χ3n) is 5.63. The summed E-state index contributed by atoms with van der Waals surface area (Å²) in [7, 11) is 8.06. The van der Waals surface area contributed by atoms with E-state index in [0.717, 1.165) is 31.0 Å². The van der Waals surface area contributed by atoms with Crippen molar-refractivity contribution in [2.24, 2.45) is 12.0 Å².